The molecule has 5 nitrogen and oxygen atoms in total. The fourth-order valence-electron chi connectivity index (χ4n) is 2.63. The Morgan fingerprint density at radius 2 is 1.90 bits per heavy atom. The number of aromatic nitrogens is 3. The quantitative estimate of drug-likeness (QED) is 0.303. The van der Waals surface area contributed by atoms with Crippen LogP contribution in [0.3, 0.4) is 0 Å². The number of carbonyl (C=O) groups excluding carboxylic acids is 1. The number of anilines is 1. The number of hydrogen-bond acceptors (Lipinski definition) is 4. The Bertz CT molecular complexity index is 1030. The first kappa shape index (κ1) is 21.7. The van der Waals surface area contributed by atoms with Gasteiger partial charge in [0.1, 0.15) is 5.82 Å². The zero-order valence-corrected chi connectivity index (χ0v) is 19.4. The van der Waals surface area contributed by atoms with Crippen molar-refractivity contribution in [3.63, 3.8) is 0 Å². The largest absolute Gasteiger partial charge is 0.323 e. The molecule has 1 heterocycles. The zero-order valence-electron chi connectivity index (χ0n) is 15.5. The van der Waals surface area contributed by atoms with E-state index in [0.29, 0.717) is 23.2 Å². The number of allylic oxidation sites excluding steroid dienone is 1. The van der Waals surface area contributed by atoms with Gasteiger partial charge in [-0.1, -0.05) is 17.8 Å². The minimum Gasteiger partial charge on any atom is -0.323 e. The van der Waals surface area contributed by atoms with Crippen molar-refractivity contribution in [3.8, 4) is 11.4 Å². The van der Waals surface area contributed by atoms with Crippen LogP contribution in [0, 0.1) is 12.7 Å². The standard InChI is InChI=1S/C20H17Br2FN4OS/c1-3-8-27-19(13-4-6-14(23)7-5-13)25-26-20(27)29-11-17(28)24-18-15(21)9-12(2)10-16(18)22/h3-7,9-10H,1,8,11H2,2H3,(H,24,28). The Morgan fingerprint density at radius 3 is 2.52 bits per heavy atom. The highest BCUT2D eigenvalue weighted by atomic mass is 79.9. The van der Waals surface area contributed by atoms with E-state index in [0.717, 1.165) is 20.1 Å². The third kappa shape index (κ3) is 5.34. The van der Waals surface area contributed by atoms with Crippen LogP contribution in [-0.4, -0.2) is 26.4 Å². The highest BCUT2D eigenvalue weighted by Gasteiger charge is 2.16. The van der Waals surface area contributed by atoms with Gasteiger partial charge in [0.25, 0.3) is 0 Å². The molecule has 0 saturated carbocycles. The summed E-state index contributed by atoms with van der Waals surface area (Å²) < 4.78 is 16.7. The van der Waals surface area contributed by atoms with E-state index in [4.69, 9.17) is 0 Å². The van der Waals surface area contributed by atoms with Gasteiger partial charge in [0.05, 0.1) is 11.4 Å². The van der Waals surface area contributed by atoms with Crippen LogP contribution in [0.4, 0.5) is 10.1 Å². The average Bonchev–Trinajstić information content (AvgIpc) is 3.06. The predicted molar refractivity (Wildman–Crippen MR) is 122 cm³/mol. The molecule has 3 rings (SSSR count). The maximum Gasteiger partial charge on any atom is 0.234 e. The molecule has 0 aliphatic rings. The van der Waals surface area contributed by atoms with E-state index >= 15 is 0 Å². The van der Waals surface area contributed by atoms with E-state index in [9.17, 15) is 9.18 Å². The topological polar surface area (TPSA) is 59.8 Å². The second-order valence-electron chi connectivity index (χ2n) is 6.15. The molecule has 0 fully saturated rings. The second kappa shape index (κ2) is 9.69. The van der Waals surface area contributed by atoms with Crippen LogP contribution in [0.15, 0.2) is 63.2 Å². The SMILES string of the molecule is C=CCn1c(SCC(=O)Nc2c(Br)cc(C)cc2Br)nnc1-c1ccc(F)cc1. The maximum absolute atomic E-state index is 13.2. The highest BCUT2D eigenvalue weighted by molar-refractivity contribution is 9.11. The average molecular weight is 540 g/mol. The van der Waals surface area contributed by atoms with Crippen molar-refractivity contribution in [2.45, 2.75) is 18.6 Å². The predicted octanol–water partition coefficient (Wildman–Crippen LogP) is 5.83. The molecule has 1 N–H and O–H groups in total. The fourth-order valence-corrected chi connectivity index (χ4v) is 4.99. The van der Waals surface area contributed by atoms with Crippen LogP contribution >= 0.6 is 43.6 Å². The van der Waals surface area contributed by atoms with Crippen molar-refractivity contribution in [2.75, 3.05) is 11.1 Å². The van der Waals surface area contributed by atoms with Gasteiger partial charge >= 0.3 is 0 Å². The molecule has 1 aromatic heterocycles. The van der Waals surface area contributed by atoms with E-state index in [1.165, 1.54) is 23.9 Å². The summed E-state index contributed by atoms with van der Waals surface area (Å²) in [6, 6.07) is 9.91. The number of thioether (sulfide) groups is 1. The Kier molecular flexibility index (Phi) is 7.26. The van der Waals surface area contributed by atoms with Crippen LogP contribution in [0.25, 0.3) is 11.4 Å². The van der Waals surface area contributed by atoms with Crippen LogP contribution < -0.4 is 5.32 Å². The molecule has 0 radical (unpaired) electrons. The molecule has 0 spiro atoms. The number of carbonyl (C=O) groups is 1. The van der Waals surface area contributed by atoms with Crippen molar-refractivity contribution >= 4 is 55.2 Å². The number of rotatable bonds is 7. The first-order valence-corrected chi connectivity index (χ1v) is 11.1. The third-order valence-electron chi connectivity index (χ3n) is 3.91. The van der Waals surface area contributed by atoms with E-state index in [1.54, 1.807) is 18.2 Å². The van der Waals surface area contributed by atoms with Crippen LogP contribution in [0.2, 0.25) is 0 Å². The van der Waals surface area contributed by atoms with Gasteiger partial charge in [-0.3, -0.25) is 9.36 Å². The summed E-state index contributed by atoms with van der Waals surface area (Å²) in [6.45, 7) is 6.21. The Morgan fingerprint density at radius 1 is 1.24 bits per heavy atom. The van der Waals surface area contributed by atoms with Gasteiger partial charge in [-0.25, -0.2) is 4.39 Å². The molecule has 2 aromatic carbocycles. The smallest absolute Gasteiger partial charge is 0.234 e. The first-order valence-electron chi connectivity index (χ1n) is 8.57. The monoisotopic (exact) mass is 538 g/mol. The molecule has 29 heavy (non-hydrogen) atoms. The molecule has 0 aliphatic carbocycles. The summed E-state index contributed by atoms with van der Waals surface area (Å²) in [7, 11) is 0. The lowest BCUT2D eigenvalue weighted by Crippen LogP contribution is -2.15. The fraction of sp³-hybridized carbons (Fsp3) is 0.150. The van der Waals surface area contributed by atoms with Gasteiger partial charge in [0.15, 0.2) is 11.0 Å². The third-order valence-corrected chi connectivity index (χ3v) is 6.13. The minimum absolute atomic E-state index is 0.158. The lowest BCUT2D eigenvalue weighted by atomic mass is 10.2. The summed E-state index contributed by atoms with van der Waals surface area (Å²) in [4.78, 5) is 12.5. The van der Waals surface area contributed by atoms with Crippen molar-refractivity contribution in [2.24, 2.45) is 0 Å². The summed E-state index contributed by atoms with van der Waals surface area (Å²) in [6.07, 6.45) is 1.72. The Hall–Kier alpha value is -1.97. The Labute approximate surface area is 189 Å². The van der Waals surface area contributed by atoms with E-state index < -0.39 is 0 Å². The summed E-state index contributed by atoms with van der Waals surface area (Å²) in [5.74, 6) is 0.266. The summed E-state index contributed by atoms with van der Waals surface area (Å²) in [5, 5.41) is 11.9. The minimum atomic E-state index is -0.316. The summed E-state index contributed by atoms with van der Waals surface area (Å²) in [5.41, 5.74) is 2.49. The van der Waals surface area contributed by atoms with Crippen molar-refractivity contribution < 1.29 is 9.18 Å². The lowest BCUT2D eigenvalue weighted by Gasteiger charge is -2.11. The number of aryl methyl sites for hydroxylation is 1. The van der Waals surface area contributed by atoms with Crippen molar-refractivity contribution in [3.05, 3.63) is 69.4 Å². The van der Waals surface area contributed by atoms with Gasteiger partial charge in [-0.2, -0.15) is 0 Å². The first-order chi connectivity index (χ1) is 13.9. The van der Waals surface area contributed by atoms with Crippen LogP contribution in [0.5, 0.6) is 0 Å². The maximum atomic E-state index is 13.2. The van der Waals surface area contributed by atoms with Crippen LogP contribution in [0.1, 0.15) is 5.56 Å². The van der Waals surface area contributed by atoms with Crippen molar-refractivity contribution in [1.82, 2.24) is 14.8 Å². The number of benzene rings is 2. The van der Waals surface area contributed by atoms with E-state index in [-0.39, 0.29) is 17.5 Å². The number of hydrogen-bond donors (Lipinski definition) is 1. The van der Waals surface area contributed by atoms with Gasteiger partial charge in [-0.15, -0.1) is 16.8 Å². The molecule has 0 unspecified atom stereocenters. The molecule has 0 aliphatic heterocycles. The molecule has 3 aromatic rings. The van der Waals surface area contributed by atoms with E-state index in [2.05, 4.69) is 54.0 Å². The molecule has 1 amide bonds. The van der Waals surface area contributed by atoms with Crippen molar-refractivity contribution in [1.29, 1.82) is 0 Å². The number of nitrogens with one attached hydrogen (secondary N) is 1. The zero-order chi connectivity index (χ0) is 21.0. The molecule has 9 heteroatoms. The molecule has 0 saturated heterocycles. The molecular weight excluding hydrogens is 523 g/mol. The molecule has 0 atom stereocenters. The lowest BCUT2D eigenvalue weighted by molar-refractivity contribution is -0.113. The highest BCUT2D eigenvalue weighted by Crippen LogP contribution is 2.32. The van der Waals surface area contributed by atoms with Gasteiger partial charge in [-0.05, 0) is 80.7 Å². The van der Waals surface area contributed by atoms with Crippen LogP contribution in [-0.2, 0) is 11.3 Å². The second-order valence-corrected chi connectivity index (χ2v) is 8.80. The molecular formula is C20H17Br2FN4OS. The van der Waals surface area contributed by atoms with E-state index in [1.807, 2.05) is 23.6 Å². The number of amides is 1. The normalized spacial score (nSPS) is 10.8. The molecule has 0 bridgehead atoms. The summed E-state index contributed by atoms with van der Waals surface area (Å²) >= 11 is 8.22. The Balaban J connectivity index is 1.74. The number of nitrogens with zero attached hydrogens (tertiary/aromatic N) is 3. The van der Waals surface area contributed by atoms with Gasteiger partial charge in [0.2, 0.25) is 5.91 Å². The van der Waals surface area contributed by atoms with Gasteiger partial charge in [0, 0.05) is 21.1 Å². The molecule has 150 valence electrons. The van der Waals surface area contributed by atoms with Gasteiger partial charge < -0.3 is 5.32 Å². The number of halogens is 3.